The van der Waals surface area contributed by atoms with Gasteiger partial charge in [0.15, 0.2) is 11.5 Å². The van der Waals surface area contributed by atoms with Crippen molar-refractivity contribution in [3.63, 3.8) is 0 Å². The SMILES string of the molecule is O=C(c1ccccc1)c1nc2c(-c3ccccc3)nc(-c3ccccc3)nc2nc1-c1ccccc1. The van der Waals surface area contributed by atoms with E-state index >= 15 is 0 Å². The molecule has 0 radical (unpaired) electrons. The van der Waals surface area contributed by atoms with Gasteiger partial charge in [0.2, 0.25) is 5.78 Å². The molecule has 0 saturated heterocycles. The Labute approximate surface area is 208 Å². The number of carbonyl (C=O) groups is 1. The van der Waals surface area contributed by atoms with E-state index in [4.69, 9.17) is 19.9 Å². The normalized spacial score (nSPS) is 10.9. The van der Waals surface area contributed by atoms with Crippen molar-refractivity contribution in [2.24, 2.45) is 0 Å². The molecule has 0 saturated carbocycles. The van der Waals surface area contributed by atoms with Crippen LogP contribution in [0.5, 0.6) is 0 Å². The first-order valence-corrected chi connectivity index (χ1v) is 11.6. The lowest BCUT2D eigenvalue weighted by molar-refractivity contribution is 0.103. The molecule has 0 fully saturated rings. The molecule has 2 aromatic heterocycles. The molecule has 0 aliphatic carbocycles. The van der Waals surface area contributed by atoms with Gasteiger partial charge < -0.3 is 0 Å². The Kier molecular flexibility index (Phi) is 5.56. The lowest BCUT2D eigenvalue weighted by Crippen LogP contribution is -2.10. The van der Waals surface area contributed by atoms with Crippen LogP contribution in [0.25, 0.3) is 45.1 Å². The first-order valence-electron chi connectivity index (χ1n) is 11.6. The van der Waals surface area contributed by atoms with Crippen LogP contribution in [-0.4, -0.2) is 25.7 Å². The number of ketones is 1. The first kappa shape index (κ1) is 21.5. The van der Waals surface area contributed by atoms with E-state index in [1.165, 1.54) is 0 Å². The molecule has 6 rings (SSSR count). The molecule has 4 aromatic carbocycles. The fourth-order valence-corrected chi connectivity index (χ4v) is 4.14. The van der Waals surface area contributed by atoms with Crippen LogP contribution in [0, 0.1) is 0 Å². The van der Waals surface area contributed by atoms with Gasteiger partial charge in [0.25, 0.3) is 0 Å². The molecule has 0 amide bonds. The second-order valence-corrected chi connectivity index (χ2v) is 8.28. The average molecular weight is 465 g/mol. The van der Waals surface area contributed by atoms with Gasteiger partial charge in [0.1, 0.15) is 22.6 Å². The van der Waals surface area contributed by atoms with Crippen molar-refractivity contribution >= 4 is 16.9 Å². The number of aromatic nitrogens is 4. The average Bonchev–Trinajstić information content (AvgIpc) is 2.97. The highest BCUT2D eigenvalue weighted by atomic mass is 16.1. The van der Waals surface area contributed by atoms with E-state index in [-0.39, 0.29) is 11.5 Å². The highest BCUT2D eigenvalue weighted by Gasteiger charge is 2.22. The van der Waals surface area contributed by atoms with Gasteiger partial charge in [-0.2, -0.15) is 0 Å². The molecule has 0 spiro atoms. The summed E-state index contributed by atoms with van der Waals surface area (Å²) in [6, 6.07) is 38.4. The minimum Gasteiger partial charge on any atom is -0.287 e. The Bertz CT molecular complexity index is 1670. The summed E-state index contributed by atoms with van der Waals surface area (Å²) < 4.78 is 0. The van der Waals surface area contributed by atoms with Gasteiger partial charge in [-0.3, -0.25) is 4.79 Å². The fraction of sp³-hybridized carbons (Fsp3) is 0. The summed E-state index contributed by atoms with van der Waals surface area (Å²) in [7, 11) is 0. The van der Waals surface area contributed by atoms with E-state index in [9.17, 15) is 4.79 Å². The predicted molar refractivity (Wildman–Crippen MR) is 141 cm³/mol. The zero-order chi connectivity index (χ0) is 24.3. The van der Waals surface area contributed by atoms with Crippen molar-refractivity contribution in [1.82, 2.24) is 19.9 Å². The Morgan fingerprint density at radius 1 is 0.472 bits per heavy atom. The molecule has 6 aromatic rings. The van der Waals surface area contributed by atoms with Crippen molar-refractivity contribution < 1.29 is 4.79 Å². The minimum absolute atomic E-state index is 0.199. The fourth-order valence-electron chi connectivity index (χ4n) is 4.14. The van der Waals surface area contributed by atoms with E-state index in [2.05, 4.69) is 0 Å². The van der Waals surface area contributed by atoms with Crippen LogP contribution >= 0.6 is 0 Å². The number of benzene rings is 4. The lowest BCUT2D eigenvalue weighted by Gasteiger charge is -2.13. The summed E-state index contributed by atoms with van der Waals surface area (Å²) in [6.45, 7) is 0. The van der Waals surface area contributed by atoms with Gasteiger partial charge in [-0.15, -0.1) is 0 Å². The van der Waals surface area contributed by atoms with Crippen LogP contribution in [-0.2, 0) is 0 Å². The molecule has 0 aliphatic rings. The lowest BCUT2D eigenvalue weighted by atomic mass is 10.0. The monoisotopic (exact) mass is 464 g/mol. The Hall–Kier alpha value is -5.03. The summed E-state index contributed by atoms with van der Waals surface area (Å²) in [4.78, 5) is 33.2. The zero-order valence-corrected chi connectivity index (χ0v) is 19.2. The third-order valence-corrected chi connectivity index (χ3v) is 5.91. The number of hydrogen-bond donors (Lipinski definition) is 0. The van der Waals surface area contributed by atoms with Crippen molar-refractivity contribution in [3.8, 4) is 33.9 Å². The summed E-state index contributed by atoms with van der Waals surface area (Å²) in [5, 5.41) is 0. The van der Waals surface area contributed by atoms with Gasteiger partial charge in [0.05, 0.1) is 0 Å². The van der Waals surface area contributed by atoms with E-state index < -0.39 is 0 Å². The highest BCUT2D eigenvalue weighted by Crippen LogP contribution is 2.31. The van der Waals surface area contributed by atoms with Crippen molar-refractivity contribution in [1.29, 1.82) is 0 Å². The maximum atomic E-state index is 13.7. The molecule has 0 aliphatic heterocycles. The van der Waals surface area contributed by atoms with Crippen molar-refractivity contribution in [2.45, 2.75) is 0 Å². The van der Waals surface area contributed by atoms with Crippen molar-refractivity contribution in [2.75, 3.05) is 0 Å². The molecular formula is C31H20N4O. The summed E-state index contributed by atoms with van der Waals surface area (Å²) in [5.74, 6) is 0.354. The van der Waals surface area contributed by atoms with Crippen LogP contribution < -0.4 is 0 Å². The Morgan fingerprint density at radius 3 is 1.56 bits per heavy atom. The molecule has 5 heteroatoms. The summed E-state index contributed by atoms with van der Waals surface area (Å²) >= 11 is 0. The smallest absolute Gasteiger partial charge is 0.213 e. The summed E-state index contributed by atoms with van der Waals surface area (Å²) in [6.07, 6.45) is 0. The number of fused-ring (bicyclic) bond motifs is 1. The number of rotatable bonds is 5. The molecule has 36 heavy (non-hydrogen) atoms. The van der Waals surface area contributed by atoms with E-state index in [1.54, 1.807) is 12.1 Å². The zero-order valence-electron chi connectivity index (χ0n) is 19.2. The molecule has 0 atom stereocenters. The van der Waals surface area contributed by atoms with Crippen LogP contribution in [0.3, 0.4) is 0 Å². The molecule has 0 unspecified atom stereocenters. The van der Waals surface area contributed by atoms with Crippen LogP contribution in [0.1, 0.15) is 16.1 Å². The summed E-state index contributed by atoms with van der Waals surface area (Å²) in [5.41, 5.74) is 5.42. The minimum atomic E-state index is -0.199. The third-order valence-electron chi connectivity index (χ3n) is 5.91. The number of hydrogen-bond acceptors (Lipinski definition) is 5. The molecular weight excluding hydrogens is 444 g/mol. The van der Waals surface area contributed by atoms with Gasteiger partial charge in [-0.1, -0.05) is 121 Å². The Balaban J connectivity index is 1.67. The van der Waals surface area contributed by atoms with Crippen LogP contribution in [0.15, 0.2) is 121 Å². The second kappa shape index (κ2) is 9.31. The molecule has 0 bridgehead atoms. The van der Waals surface area contributed by atoms with Crippen LogP contribution in [0.2, 0.25) is 0 Å². The molecule has 170 valence electrons. The van der Waals surface area contributed by atoms with Crippen LogP contribution in [0.4, 0.5) is 0 Å². The van der Waals surface area contributed by atoms with Gasteiger partial charge in [-0.05, 0) is 0 Å². The topological polar surface area (TPSA) is 68.6 Å². The van der Waals surface area contributed by atoms with E-state index in [0.717, 1.165) is 16.7 Å². The third kappa shape index (κ3) is 4.03. The molecule has 0 N–H and O–H groups in total. The number of carbonyl (C=O) groups excluding carboxylic acids is 1. The number of nitrogens with zero attached hydrogens (tertiary/aromatic N) is 4. The standard InChI is InChI=1S/C31H20N4O/c36-29(23-17-9-3-10-18-23)27-25(21-13-5-1-6-14-21)34-31-28(32-27)26(22-15-7-2-8-16-22)33-30(35-31)24-19-11-4-12-20-24/h1-20H. The maximum absolute atomic E-state index is 13.7. The van der Waals surface area contributed by atoms with E-state index in [0.29, 0.717) is 33.9 Å². The molecule has 5 nitrogen and oxygen atoms in total. The van der Waals surface area contributed by atoms with Gasteiger partial charge in [-0.25, -0.2) is 19.9 Å². The van der Waals surface area contributed by atoms with Crippen molar-refractivity contribution in [3.05, 3.63) is 133 Å². The van der Waals surface area contributed by atoms with Gasteiger partial charge >= 0.3 is 0 Å². The molecule has 2 heterocycles. The Morgan fingerprint density at radius 2 is 0.972 bits per heavy atom. The second-order valence-electron chi connectivity index (χ2n) is 8.28. The first-order chi connectivity index (χ1) is 17.8. The maximum Gasteiger partial charge on any atom is 0.213 e. The predicted octanol–water partition coefficient (Wildman–Crippen LogP) is 6.65. The highest BCUT2D eigenvalue weighted by molar-refractivity contribution is 6.12. The van der Waals surface area contributed by atoms with Gasteiger partial charge in [0, 0.05) is 22.3 Å². The quantitative estimate of drug-likeness (QED) is 0.267. The van der Waals surface area contributed by atoms with E-state index in [1.807, 2.05) is 109 Å². The largest absolute Gasteiger partial charge is 0.287 e.